The maximum Gasteiger partial charge on any atom is 0.314 e. The summed E-state index contributed by atoms with van der Waals surface area (Å²) in [6, 6.07) is 11.9. The van der Waals surface area contributed by atoms with Gasteiger partial charge in [0.1, 0.15) is 17.2 Å². The third-order valence-corrected chi connectivity index (χ3v) is 5.66. The number of benzene rings is 2. The minimum atomic E-state index is -0.303. The van der Waals surface area contributed by atoms with Crippen molar-refractivity contribution in [2.45, 2.75) is 32.6 Å². The SMILES string of the molecule is CCOc1ccc(OC(=O)C2CCC(C(=O)Oc3ccc(OC)c(OI)c3)CC2)cc1. The molecule has 7 nitrogen and oxygen atoms in total. The third kappa shape index (κ3) is 6.25. The van der Waals surface area contributed by atoms with Crippen molar-refractivity contribution >= 4 is 34.9 Å². The van der Waals surface area contributed by atoms with Crippen LogP contribution < -0.4 is 22.0 Å². The zero-order chi connectivity index (χ0) is 22.2. The van der Waals surface area contributed by atoms with Crippen molar-refractivity contribution in [3.8, 4) is 28.7 Å². The molecule has 0 aliphatic heterocycles. The Balaban J connectivity index is 1.49. The van der Waals surface area contributed by atoms with E-state index >= 15 is 0 Å². The number of esters is 2. The molecule has 0 bridgehead atoms. The van der Waals surface area contributed by atoms with Crippen LogP contribution in [0.3, 0.4) is 0 Å². The molecule has 8 heteroatoms. The summed E-state index contributed by atoms with van der Waals surface area (Å²) in [6.45, 7) is 2.49. The first-order valence-corrected chi connectivity index (χ1v) is 11.0. The molecule has 0 radical (unpaired) electrons. The molecule has 166 valence electrons. The highest BCUT2D eigenvalue weighted by Crippen LogP contribution is 2.35. The Labute approximate surface area is 195 Å². The van der Waals surface area contributed by atoms with Crippen LogP contribution >= 0.6 is 23.0 Å². The minimum Gasteiger partial charge on any atom is -0.494 e. The molecule has 0 N–H and O–H groups in total. The zero-order valence-corrected chi connectivity index (χ0v) is 19.6. The Morgan fingerprint density at radius 3 is 1.87 bits per heavy atom. The lowest BCUT2D eigenvalue weighted by atomic mass is 9.82. The van der Waals surface area contributed by atoms with Crippen LogP contribution in [0.2, 0.25) is 0 Å². The summed E-state index contributed by atoms with van der Waals surface area (Å²) in [5.41, 5.74) is 0. The van der Waals surface area contributed by atoms with Crippen molar-refractivity contribution in [1.29, 1.82) is 0 Å². The molecule has 2 aromatic rings. The summed E-state index contributed by atoms with van der Waals surface area (Å²) in [5, 5.41) is 0. The van der Waals surface area contributed by atoms with Gasteiger partial charge in [0.05, 0.1) is 25.6 Å². The highest BCUT2D eigenvalue weighted by atomic mass is 127. The fourth-order valence-electron chi connectivity index (χ4n) is 3.52. The Morgan fingerprint density at radius 1 is 0.839 bits per heavy atom. The fraction of sp³-hybridized carbons (Fsp3) is 0.391. The Hall–Kier alpha value is -2.49. The molecule has 2 aromatic carbocycles. The smallest absolute Gasteiger partial charge is 0.314 e. The van der Waals surface area contributed by atoms with Crippen molar-refractivity contribution in [2.75, 3.05) is 13.7 Å². The molecule has 0 saturated heterocycles. The van der Waals surface area contributed by atoms with Crippen molar-refractivity contribution in [1.82, 2.24) is 0 Å². The number of hydrogen-bond acceptors (Lipinski definition) is 7. The summed E-state index contributed by atoms with van der Waals surface area (Å²) in [5.74, 6) is 1.61. The summed E-state index contributed by atoms with van der Waals surface area (Å²) in [6.07, 6.45) is 2.32. The number of methoxy groups -OCH3 is 1. The number of rotatable bonds is 8. The predicted molar refractivity (Wildman–Crippen MR) is 122 cm³/mol. The second-order valence-corrected chi connectivity index (χ2v) is 7.63. The Morgan fingerprint density at radius 2 is 1.35 bits per heavy atom. The molecular weight excluding hydrogens is 515 g/mol. The van der Waals surface area contributed by atoms with Gasteiger partial charge in [0.15, 0.2) is 34.5 Å². The van der Waals surface area contributed by atoms with Gasteiger partial charge in [-0.05, 0) is 69.0 Å². The molecule has 1 fully saturated rings. The number of hydrogen-bond donors (Lipinski definition) is 0. The van der Waals surface area contributed by atoms with Crippen LogP contribution in [0.5, 0.6) is 28.7 Å². The van der Waals surface area contributed by atoms with Gasteiger partial charge >= 0.3 is 11.9 Å². The van der Waals surface area contributed by atoms with E-state index in [9.17, 15) is 9.59 Å². The average molecular weight is 540 g/mol. The van der Waals surface area contributed by atoms with Gasteiger partial charge in [0, 0.05) is 6.07 Å². The maximum atomic E-state index is 12.6. The van der Waals surface area contributed by atoms with Gasteiger partial charge in [-0.25, -0.2) is 0 Å². The molecule has 0 heterocycles. The van der Waals surface area contributed by atoms with E-state index < -0.39 is 0 Å². The molecule has 0 aromatic heterocycles. The first-order valence-electron chi connectivity index (χ1n) is 10.2. The normalized spacial score (nSPS) is 18.0. The van der Waals surface area contributed by atoms with Crippen molar-refractivity contribution < 1.29 is 31.6 Å². The molecule has 0 amide bonds. The number of ether oxygens (including phenoxy) is 4. The van der Waals surface area contributed by atoms with E-state index in [4.69, 9.17) is 22.0 Å². The molecule has 3 rings (SSSR count). The van der Waals surface area contributed by atoms with Crippen molar-refractivity contribution in [3.63, 3.8) is 0 Å². The van der Waals surface area contributed by atoms with E-state index in [1.807, 2.05) is 6.92 Å². The zero-order valence-electron chi connectivity index (χ0n) is 17.5. The van der Waals surface area contributed by atoms with Gasteiger partial charge in [-0.2, -0.15) is 0 Å². The molecule has 0 unspecified atom stereocenters. The second-order valence-electron chi connectivity index (χ2n) is 7.18. The molecule has 1 aliphatic carbocycles. The molecule has 0 spiro atoms. The van der Waals surface area contributed by atoms with Gasteiger partial charge in [0.2, 0.25) is 0 Å². The maximum absolute atomic E-state index is 12.6. The first-order chi connectivity index (χ1) is 15.0. The third-order valence-electron chi connectivity index (χ3n) is 5.18. The van der Waals surface area contributed by atoms with E-state index in [2.05, 4.69) is 0 Å². The average Bonchev–Trinajstić information content (AvgIpc) is 2.80. The highest BCUT2D eigenvalue weighted by molar-refractivity contribution is 14.1. The summed E-state index contributed by atoms with van der Waals surface area (Å²) >= 11 is 1.75. The van der Waals surface area contributed by atoms with Gasteiger partial charge in [-0.1, -0.05) is 0 Å². The second kappa shape index (κ2) is 11.2. The summed E-state index contributed by atoms with van der Waals surface area (Å²) < 4.78 is 26.8. The van der Waals surface area contributed by atoms with Crippen molar-refractivity contribution in [3.05, 3.63) is 42.5 Å². The van der Waals surface area contributed by atoms with Crippen LogP contribution in [-0.4, -0.2) is 25.7 Å². The van der Waals surface area contributed by atoms with E-state index in [1.165, 1.54) is 0 Å². The summed E-state index contributed by atoms with van der Waals surface area (Å²) in [4.78, 5) is 25.0. The lowest BCUT2D eigenvalue weighted by Crippen LogP contribution is -2.30. The fourth-order valence-corrected chi connectivity index (χ4v) is 3.86. The van der Waals surface area contributed by atoms with Gasteiger partial charge in [-0.15, -0.1) is 0 Å². The van der Waals surface area contributed by atoms with Gasteiger partial charge in [0.25, 0.3) is 0 Å². The molecule has 1 saturated carbocycles. The molecule has 31 heavy (non-hydrogen) atoms. The first kappa shape index (κ1) is 23.2. The monoisotopic (exact) mass is 540 g/mol. The number of carbonyl (C=O) groups is 2. The quantitative estimate of drug-likeness (QED) is 0.261. The van der Waals surface area contributed by atoms with Crippen LogP contribution in [0.15, 0.2) is 42.5 Å². The standard InChI is InChI=1S/C23H25IO7/c1-3-28-17-8-10-18(11-9-17)29-22(25)15-4-6-16(7-5-15)23(26)30-19-12-13-20(27-2)21(14-19)31-24/h8-16H,3-7H2,1-2H3. The van der Waals surface area contributed by atoms with Gasteiger partial charge in [-0.3, -0.25) is 9.59 Å². The van der Waals surface area contributed by atoms with E-state index in [0.717, 1.165) is 5.75 Å². The largest absolute Gasteiger partial charge is 0.494 e. The number of carbonyl (C=O) groups excluding carboxylic acids is 2. The number of halogens is 1. The van der Waals surface area contributed by atoms with Crippen LogP contribution in [0.1, 0.15) is 32.6 Å². The van der Waals surface area contributed by atoms with E-state index in [-0.39, 0.29) is 23.8 Å². The van der Waals surface area contributed by atoms with E-state index in [0.29, 0.717) is 55.3 Å². The topological polar surface area (TPSA) is 80.3 Å². The van der Waals surface area contributed by atoms with Crippen molar-refractivity contribution in [2.24, 2.45) is 11.8 Å². The van der Waals surface area contributed by atoms with Crippen LogP contribution in [0.25, 0.3) is 0 Å². The lowest BCUT2D eigenvalue weighted by Gasteiger charge is -2.25. The predicted octanol–water partition coefficient (Wildman–Crippen LogP) is 5.14. The van der Waals surface area contributed by atoms with Gasteiger partial charge < -0.3 is 22.0 Å². The lowest BCUT2D eigenvalue weighted by molar-refractivity contribution is -0.145. The van der Waals surface area contributed by atoms with Crippen LogP contribution in [-0.2, 0) is 9.59 Å². The van der Waals surface area contributed by atoms with Crippen LogP contribution in [0, 0.1) is 11.8 Å². The minimum absolute atomic E-state index is 0.226. The van der Waals surface area contributed by atoms with Crippen LogP contribution in [0.4, 0.5) is 0 Å². The summed E-state index contributed by atoms with van der Waals surface area (Å²) in [7, 11) is 1.54. The Bertz CT molecular complexity index is 889. The molecular formula is C23H25IO7. The molecule has 0 atom stereocenters. The highest BCUT2D eigenvalue weighted by Gasteiger charge is 2.32. The van der Waals surface area contributed by atoms with E-state index in [1.54, 1.807) is 72.6 Å². The Kier molecular flexibility index (Phi) is 8.39. The molecule has 1 aliphatic rings.